The van der Waals surface area contributed by atoms with Crippen LogP contribution in [0.25, 0.3) is 22.5 Å². The molecule has 118 valence electrons. The molecule has 0 spiro atoms. The highest BCUT2D eigenvalue weighted by Crippen LogP contribution is 2.41. The molecule has 6 nitrogen and oxygen atoms in total. The van der Waals surface area contributed by atoms with Crippen molar-refractivity contribution in [2.75, 3.05) is 5.73 Å². The maximum Gasteiger partial charge on any atom is 0.142 e. The second kappa shape index (κ2) is 5.10. The number of nitrogens with two attached hydrogens (primary N) is 1. The molecule has 24 heavy (non-hydrogen) atoms. The van der Waals surface area contributed by atoms with Crippen molar-refractivity contribution in [2.45, 2.75) is 12.8 Å². The number of nitriles is 1. The van der Waals surface area contributed by atoms with E-state index in [0.717, 1.165) is 46.5 Å². The highest BCUT2D eigenvalue weighted by molar-refractivity contribution is 5.85. The lowest BCUT2D eigenvalue weighted by Gasteiger charge is -2.23. The van der Waals surface area contributed by atoms with Crippen LogP contribution in [0.2, 0.25) is 0 Å². The van der Waals surface area contributed by atoms with Crippen molar-refractivity contribution in [1.29, 1.82) is 5.26 Å². The van der Waals surface area contributed by atoms with Gasteiger partial charge >= 0.3 is 0 Å². The van der Waals surface area contributed by atoms with Crippen molar-refractivity contribution in [2.24, 2.45) is 7.05 Å². The number of anilines is 1. The molecular weight excluding hydrogens is 302 g/mol. The van der Waals surface area contributed by atoms with Gasteiger partial charge < -0.3 is 15.4 Å². The lowest BCUT2D eigenvalue weighted by molar-refractivity contribution is 0.474. The number of pyridine rings is 1. The van der Waals surface area contributed by atoms with Crippen molar-refractivity contribution in [1.82, 2.24) is 14.5 Å². The SMILES string of the molecule is Cn1cncc1-c1c(C#N)c(N)nc2c1CCc1cc(O)ccc1-2. The van der Waals surface area contributed by atoms with Gasteiger partial charge in [-0.1, -0.05) is 0 Å². The van der Waals surface area contributed by atoms with Crippen LogP contribution in [0.5, 0.6) is 5.75 Å². The Bertz CT molecular complexity index is 1010. The van der Waals surface area contributed by atoms with Gasteiger partial charge in [-0.2, -0.15) is 5.26 Å². The second-order valence-corrected chi connectivity index (χ2v) is 5.92. The molecular formula is C18H15N5O. The van der Waals surface area contributed by atoms with Gasteiger partial charge in [-0.15, -0.1) is 0 Å². The first-order valence-corrected chi connectivity index (χ1v) is 7.61. The lowest BCUT2D eigenvalue weighted by Crippen LogP contribution is -2.12. The molecule has 0 saturated heterocycles. The monoisotopic (exact) mass is 317 g/mol. The first-order valence-electron chi connectivity index (χ1n) is 7.61. The molecule has 3 aromatic rings. The Balaban J connectivity index is 2.08. The number of aryl methyl sites for hydroxylation is 2. The van der Waals surface area contributed by atoms with Crippen LogP contribution < -0.4 is 5.73 Å². The molecule has 2 heterocycles. The van der Waals surface area contributed by atoms with Gasteiger partial charge in [-0.05, 0) is 42.2 Å². The molecule has 0 atom stereocenters. The Morgan fingerprint density at radius 3 is 2.88 bits per heavy atom. The smallest absolute Gasteiger partial charge is 0.142 e. The van der Waals surface area contributed by atoms with Crippen LogP contribution in [0.1, 0.15) is 16.7 Å². The van der Waals surface area contributed by atoms with Crippen LogP contribution in [0.3, 0.4) is 0 Å². The van der Waals surface area contributed by atoms with Crippen LogP contribution in [0.15, 0.2) is 30.7 Å². The molecule has 0 fully saturated rings. The van der Waals surface area contributed by atoms with E-state index in [-0.39, 0.29) is 11.6 Å². The summed E-state index contributed by atoms with van der Waals surface area (Å²) >= 11 is 0. The van der Waals surface area contributed by atoms with E-state index in [9.17, 15) is 10.4 Å². The van der Waals surface area contributed by atoms with E-state index in [4.69, 9.17) is 5.73 Å². The minimum atomic E-state index is 0.216. The summed E-state index contributed by atoms with van der Waals surface area (Å²) in [6.07, 6.45) is 4.95. The van der Waals surface area contributed by atoms with E-state index in [2.05, 4.69) is 16.0 Å². The molecule has 0 amide bonds. The Morgan fingerprint density at radius 1 is 1.33 bits per heavy atom. The number of hydrogen-bond donors (Lipinski definition) is 2. The average molecular weight is 317 g/mol. The fourth-order valence-electron chi connectivity index (χ4n) is 3.38. The predicted molar refractivity (Wildman–Crippen MR) is 90.1 cm³/mol. The fourth-order valence-corrected chi connectivity index (χ4v) is 3.38. The number of fused-ring (bicyclic) bond motifs is 3. The summed E-state index contributed by atoms with van der Waals surface area (Å²) in [6.45, 7) is 0. The van der Waals surface area contributed by atoms with Crippen LogP contribution >= 0.6 is 0 Å². The quantitative estimate of drug-likeness (QED) is 0.717. The molecule has 0 bridgehead atoms. The Morgan fingerprint density at radius 2 is 2.17 bits per heavy atom. The normalized spacial score (nSPS) is 12.3. The van der Waals surface area contributed by atoms with Gasteiger partial charge in [0.1, 0.15) is 23.2 Å². The molecule has 2 aromatic heterocycles. The Labute approximate surface area is 138 Å². The summed E-state index contributed by atoms with van der Waals surface area (Å²) in [5.41, 5.74) is 11.9. The number of phenols is 1. The van der Waals surface area contributed by atoms with Crippen molar-refractivity contribution in [3.63, 3.8) is 0 Å². The highest BCUT2D eigenvalue weighted by Gasteiger charge is 2.26. The van der Waals surface area contributed by atoms with Crippen LogP contribution in [0.4, 0.5) is 5.82 Å². The Kier molecular flexibility index (Phi) is 3.03. The maximum absolute atomic E-state index is 9.71. The van der Waals surface area contributed by atoms with E-state index < -0.39 is 0 Å². The number of aromatic nitrogens is 3. The number of nitrogen functional groups attached to an aromatic ring is 1. The van der Waals surface area contributed by atoms with E-state index in [1.807, 2.05) is 17.7 Å². The number of hydrogen-bond acceptors (Lipinski definition) is 5. The summed E-state index contributed by atoms with van der Waals surface area (Å²) in [5, 5.41) is 19.3. The molecule has 1 aliphatic rings. The summed E-state index contributed by atoms with van der Waals surface area (Å²) in [7, 11) is 1.89. The third-order valence-corrected chi connectivity index (χ3v) is 4.50. The molecule has 0 aliphatic heterocycles. The summed E-state index contributed by atoms with van der Waals surface area (Å²) in [5.74, 6) is 0.457. The van der Waals surface area contributed by atoms with Gasteiger partial charge in [0.25, 0.3) is 0 Å². The first kappa shape index (κ1) is 14.3. The third kappa shape index (κ3) is 1.95. The maximum atomic E-state index is 9.71. The number of benzene rings is 1. The van der Waals surface area contributed by atoms with Gasteiger partial charge in [0.15, 0.2) is 0 Å². The van der Waals surface area contributed by atoms with Gasteiger partial charge in [0.2, 0.25) is 0 Å². The van der Waals surface area contributed by atoms with Crippen molar-refractivity contribution in [3.05, 3.63) is 47.4 Å². The number of rotatable bonds is 1. The largest absolute Gasteiger partial charge is 0.508 e. The van der Waals surface area contributed by atoms with Crippen molar-refractivity contribution < 1.29 is 5.11 Å². The Hall–Kier alpha value is -3.33. The van der Waals surface area contributed by atoms with Crippen LogP contribution in [0, 0.1) is 11.3 Å². The zero-order chi connectivity index (χ0) is 16.8. The third-order valence-electron chi connectivity index (χ3n) is 4.50. The van der Waals surface area contributed by atoms with E-state index in [0.29, 0.717) is 5.56 Å². The molecule has 6 heteroatoms. The second-order valence-electron chi connectivity index (χ2n) is 5.92. The number of phenolic OH excluding ortho intramolecular Hbond substituents is 1. The molecule has 0 radical (unpaired) electrons. The number of imidazole rings is 1. The summed E-state index contributed by atoms with van der Waals surface area (Å²) < 4.78 is 1.88. The van der Waals surface area contributed by atoms with E-state index in [1.54, 1.807) is 24.7 Å². The van der Waals surface area contributed by atoms with Gasteiger partial charge in [0, 0.05) is 18.2 Å². The van der Waals surface area contributed by atoms with Crippen LogP contribution in [-0.4, -0.2) is 19.6 Å². The molecule has 1 aliphatic carbocycles. The van der Waals surface area contributed by atoms with Crippen molar-refractivity contribution in [3.8, 4) is 34.3 Å². The summed E-state index contributed by atoms with van der Waals surface area (Å²) in [6, 6.07) is 7.46. The molecule has 1 aromatic carbocycles. The molecule has 0 unspecified atom stereocenters. The molecule has 3 N–H and O–H groups in total. The number of aromatic hydroxyl groups is 1. The topological polar surface area (TPSA) is 101 Å². The fraction of sp³-hybridized carbons (Fsp3) is 0.167. The minimum Gasteiger partial charge on any atom is -0.508 e. The molecule has 4 rings (SSSR count). The zero-order valence-corrected chi connectivity index (χ0v) is 13.1. The number of nitrogens with zero attached hydrogens (tertiary/aromatic N) is 4. The van der Waals surface area contributed by atoms with E-state index in [1.165, 1.54) is 0 Å². The zero-order valence-electron chi connectivity index (χ0n) is 13.1. The summed E-state index contributed by atoms with van der Waals surface area (Å²) in [4.78, 5) is 8.67. The van der Waals surface area contributed by atoms with Gasteiger partial charge in [-0.25, -0.2) is 9.97 Å². The van der Waals surface area contributed by atoms with Crippen LogP contribution in [-0.2, 0) is 19.9 Å². The lowest BCUT2D eigenvalue weighted by atomic mass is 9.84. The van der Waals surface area contributed by atoms with Gasteiger partial charge in [-0.3, -0.25) is 0 Å². The average Bonchev–Trinajstić information content (AvgIpc) is 2.98. The standard InChI is InChI=1S/C18H15N5O/c1-23-9-21-8-15(23)16-13-4-2-10-6-11(24)3-5-12(10)17(13)22-18(20)14(16)7-19/h3,5-6,8-9,24H,2,4H2,1H3,(H2,20,22). The highest BCUT2D eigenvalue weighted by atomic mass is 16.3. The van der Waals surface area contributed by atoms with Gasteiger partial charge in [0.05, 0.1) is 23.9 Å². The molecule has 0 saturated carbocycles. The predicted octanol–water partition coefficient (Wildman–Crippen LogP) is 2.41. The van der Waals surface area contributed by atoms with E-state index >= 15 is 0 Å². The first-order chi connectivity index (χ1) is 11.6. The minimum absolute atomic E-state index is 0.216. The van der Waals surface area contributed by atoms with Crippen molar-refractivity contribution >= 4 is 5.82 Å².